The monoisotopic (exact) mass is 677 g/mol. The molecule has 0 spiro atoms. The summed E-state index contributed by atoms with van der Waals surface area (Å²) in [5.41, 5.74) is 3.07. The van der Waals surface area contributed by atoms with Crippen LogP contribution in [0, 0.1) is 13.8 Å². The number of carbonyl (C=O) groups excluding carboxylic acids is 2. The molecule has 212 valence electrons. The molecule has 0 aliphatic rings. The van der Waals surface area contributed by atoms with Crippen LogP contribution in [-0.4, -0.2) is 53.3 Å². The molecular weight excluding hydrogens is 650 g/mol. The van der Waals surface area contributed by atoms with Gasteiger partial charge in [-0.1, -0.05) is 67.3 Å². The van der Waals surface area contributed by atoms with Crippen LogP contribution in [0.1, 0.15) is 50.4 Å². The number of hydrogen-bond acceptors (Lipinski definition) is 7. The third-order valence-corrected chi connectivity index (χ3v) is 6.54. The summed E-state index contributed by atoms with van der Waals surface area (Å²) < 4.78 is 11.9. The van der Waals surface area contributed by atoms with E-state index < -0.39 is 36.1 Å². The summed E-state index contributed by atoms with van der Waals surface area (Å²) in [6.07, 6.45) is -4.44. The Morgan fingerprint density at radius 2 is 1.05 bits per heavy atom. The fraction of sp³-hybridized carbons (Fsp3) is 0.241. The van der Waals surface area contributed by atoms with Gasteiger partial charge in [0.2, 0.25) is 12.2 Å². The minimum atomic E-state index is -2.22. The number of rotatable bonds is 9. The Hall–Kier alpha value is -3.54. The second-order valence-corrected chi connectivity index (χ2v) is 10.6. The van der Waals surface area contributed by atoms with Crippen molar-refractivity contribution in [2.75, 3.05) is 7.05 Å². The summed E-state index contributed by atoms with van der Waals surface area (Å²) in [6, 6.07) is 18.7. The van der Waals surface area contributed by atoms with Crippen molar-refractivity contribution in [3.8, 4) is 0 Å². The predicted molar refractivity (Wildman–Crippen MR) is 155 cm³/mol. The van der Waals surface area contributed by atoms with Crippen LogP contribution in [0.4, 0.5) is 0 Å². The zero-order valence-electron chi connectivity index (χ0n) is 22.2. The molecule has 9 nitrogen and oxygen atoms in total. The van der Waals surface area contributed by atoms with E-state index in [0.717, 1.165) is 20.1 Å². The molecule has 3 atom stereocenters. The molecule has 1 unspecified atom stereocenters. The third-order valence-electron chi connectivity index (χ3n) is 5.62. The molecule has 0 aromatic heterocycles. The van der Waals surface area contributed by atoms with E-state index in [1.165, 1.54) is 29.8 Å². The van der Waals surface area contributed by atoms with E-state index in [2.05, 4.69) is 56.2 Å². The van der Waals surface area contributed by atoms with Gasteiger partial charge in [0.1, 0.15) is 0 Å². The molecular formula is C29H29Br2NO8. The summed E-state index contributed by atoms with van der Waals surface area (Å²) in [5, 5.41) is 21.8. The maximum absolute atomic E-state index is 12.2. The summed E-state index contributed by atoms with van der Waals surface area (Å²) in [4.78, 5) is 47.3. The molecule has 0 fully saturated rings. The normalized spacial score (nSPS) is 12.7. The second kappa shape index (κ2) is 15.3. The lowest BCUT2D eigenvalue weighted by Crippen LogP contribution is -2.45. The molecule has 0 radical (unpaired) electrons. The zero-order valence-corrected chi connectivity index (χ0v) is 25.4. The molecule has 3 rings (SSSR count). The van der Waals surface area contributed by atoms with Crippen LogP contribution in [0.5, 0.6) is 0 Å². The van der Waals surface area contributed by atoms with Crippen LogP contribution in [0.2, 0.25) is 0 Å². The highest BCUT2D eigenvalue weighted by Crippen LogP contribution is 2.23. The van der Waals surface area contributed by atoms with Gasteiger partial charge in [-0.2, -0.15) is 0 Å². The van der Waals surface area contributed by atoms with Gasteiger partial charge in [-0.15, -0.1) is 0 Å². The van der Waals surface area contributed by atoms with E-state index >= 15 is 0 Å². The first kappa shape index (κ1) is 32.7. The van der Waals surface area contributed by atoms with E-state index in [0.29, 0.717) is 6.04 Å². The fourth-order valence-corrected chi connectivity index (χ4v) is 4.55. The second-order valence-electron chi connectivity index (χ2n) is 8.77. The van der Waals surface area contributed by atoms with Crippen LogP contribution in [0.25, 0.3) is 0 Å². The van der Waals surface area contributed by atoms with Crippen LogP contribution in [0.15, 0.2) is 75.7 Å². The molecule has 0 saturated heterocycles. The Kier molecular flexibility index (Phi) is 12.5. The zero-order chi connectivity index (χ0) is 30.0. The first-order valence-corrected chi connectivity index (χ1v) is 13.5. The Balaban J connectivity index is 0.000000389. The number of aryl methyl sites for hydroxylation is 2. The first-order valence-electron chi connectivity index (χ1n) is 12.0. The minimum Gasteiger partial charge on any atom is -0.478 e. The lowest BCUT2D eigenvalue weighted by molar-refractivity contribution is -0.166. The van der Waals surface area contributed by atoms with Gasteiger partial charge in [0, 0.05) is 15.0 Å². The highest BCUT2D eigenvalue weighted by atomic mass is 79.9. The van der Waals surface area contributed by atoms with Crippen LogP contribution < -0.4 is 5.32 Å². The molecule has 0 bridgehead atoms. The van der Waals surface area contributed by atoms with Gasteiger partial charge in [0.05, 0.1) is 11.1 Å². The quantitative estimate of drug-likeness (QED) is 0.243. The van der Waals surface area contributed by atoms with Gasteiger partial charge in [-0.3, -0.25) is 0 Å². The maximum atomic E-state index is 12.2. The van der Waals surface area contributed by atoms with Crippen LogP contribution in [-0.2, 0) is 19.1 Å². The number of nitrogens with one attached hydrogen (secondary N) is 1. The summed E-state index contributed by atoms with van der Waals surface area (Å²) in [5.74, 6) is -5.62. The van der Waals surface area contributed by atoms with Crippen molar-refractivity contribution in [2.24, 2.45) is 0 Å². The topological polar surface area (TPSA) is 139 Å². The SMILES string of the molecule is CNC(C)c1cc(Br)cc(Br)c1.Cc1ccc(C(=O)O[C@@H](C(=O)O)[C@@H](OC(=O)c2ccc(C)cc2)C(=O)O)cc1. The number of ether oxygens (including phenoxy) is 2. The standard InChI is InChI=1S/C20H18O8.C9H11Br2N/c1-11-3-7-13(8-4-11)19(25)27-15(17(21)22)16(18(23)24)28-20(26)14-9-5-12(2)6-10-14;1-6(12-2)7-3-8(10)5-9(11)4-7/h3-10,15-16H,1-2H3,(H,21,22)(H,23,24);3-6,12H,1-2H3/t15-,16-;/m1./s1. The lowest BCUT2D eigenvalue weighted by Gasteiger charge is -2.21. The van der Waals surface area contributed by atoms with Crippen molar-refractivity contribution >= 4 is 55.7 Å². The molecule has 40 heavy (non-hydrogen) atoms. The molecule has 0 heterocycles. The fourth-order valence-electron chi connectivity index (χ4n) is 3.22. The molecule has 3 aromatic rings. The molecule has 3 N–H and O–H groups in total. The molecule has 3 aromatic carbocycles. The molecule has 0 aliphatic carbocycles. The Morgan fingerprint density at radius 3 is 1.35 bits per heavy atom. The summed E-state index contributed by atoms with van der Waals surface area (Å²) in [6.45, 7) is 5.72. The van der Waals surface area contributed by atoms with E-state index in [1.807, 2.05) is 13.1 Å². The first-order chi connectivity index (χ1) is 18.8. The molecule has 0 amide bonds. The van der Waals surface area contributed by atoms with Gasteiger partial charge >= 0.3 is 23.9 Å². The van der Waals surface area contributed by atoms with Gasteiger partial charge in [0.15, 0.2) is 0 Å². The number of esters is 2. The van der Waals surface area contributed by atoms with E-state index in [4.69, 9.17) is 9.47 Å². The number of benzene rings is 3. The summed E-state index contributed by atoms with van der Waals surface area (Å²) >= 11 is 6.91. The average molecular weight is 679 g/mol. The Bertz CT molecular complexity index is 1250. The largest absolute Gasteiger partial charge is 0.478 e. The van der Waals surface area contributed by atoms with Crippen molar-refractivity contribution in [1.29, 1.82) is 0 Å². The van der Waals surface area contributed by atoms with E-state index in [9.17, 15) is 29.4 Å². The smallest absolute Gasteiger partial charge is 0.349 e. The Morgan fingerprint density at radius 1 is 0.700 bits per heavy atom. The number of carboxylic acids is 2. The molecule has 0 saturated carbocycles. The maximum Gasteiger partial charge on any atom is 0.349 e. The average Bonchev–Trinajstić information content (AvgIpc) is 2.90. The molecule has 11 heteroatoms. The highest BCUT2D eigenvalue weighted by molar-refractivity contribution is 9.11. The van der Waals surface area contributed by atoms with Gasteiger partial charge in [-0.25, -0.2) is 19.2 Å². The van der Waals surface area contributed by atoms with Crippen molar-refractivity contribution < 1.29 is 38.9 Å². The van der Waals surface area contributed by atoms with E-state index in [-0.39, 0.29) is 11.1 Å². The number of halogens is 2. The number of carbonyl (C=O) groups is 4. The minimum absolute atomic E-state index is 0.0332. The number of aliphatic carboxylic acids is 2. The summed E-state index contributed by atoms with van der Waals surface area (Å²) in [7, 11) is 1.96. The van der Waals surface area contributed by atoms with Crippen molar-refractivity contribution in [3.05, 3.63) is 103 Å². The number of hydrogen-bond donors (Lipinski definition) is 3. The third kappa shape index (κ3) is 9.89. The predicted octanol–water partition coefficient (Wildman–Crippen LogP) is 5.72. The Labute approximate surface area is 248 Å². The highest BCUT2D eigenvalue weighted by Gasteiger charge is 2.41. The van der Waals surface area contributed by atoms with Gasteiger partial charge in [-0.05, 0) is 75.8 Å². The van der Waals surface area contributed by atoms with E-state index in [1.54, 1.807) is 38.1 Å². The molecule has 0 aliphatic heterocycles. The van der Waals surface area contributed by atoms with Crippen molar-refractivity contribution in [2.45, 2.75) is 39.0 Å². The van der Waals surface area contributed by atoms with Crippen LogP contribution >= 0.6 is 31.9 Å². The van der Waals surface area contributed by atoms with Crippen LogP contribution in [0.3, 0.4) is 0 Å². The van der Waals surface area contributed by atoms with Crippen molar-refractivity contribution in [3.63, 3.8) is 0 Å². The lowest BCUT2D eigenvalue weighted by atomic mass is 10.1. The van der Waals surface area contributed by atoms with Gasteiger partial charge in [0.25, 0.3) is 0 Å². The number of carboxylic acid groups (broad SMARTS) is 2. The van der Waals surface area contributed by atoms with Crippen molar-refractivity contribution in [1.82, 2.24) is 5.32 Å². The van der Waals surface area contributed by atoms with Gasteiger partial charge < -0.3 is 25.0 Å².